The standard InChI is InChI=1S/C15H15F2N3O/c16-13-4-5-14(17)12(7-13)9-19-8-10-2-1-3-11(6-10)15(18)20-21/h1-7,19,21H,8-9H2,(H2,18,20). The van der Waals surface area contributed by atoms with E-state index < -0.39 is 11.6 Å². The third-order valence-corrected chi connectivity index (χ3v) is 2.98. The van der Waals surface area contributed by atoms with Crippen molar-refractivity contribution in [2.45, 2.75) is 13.1 Å². The first-order valence-electron chi connectivity index (χ1n) is 6.31. The predicted octanol–water partition coefficient (Wildman–Crippen LogP) is 2.35. The molecule has 0 saturated heterocycles. The maximum atomic E-state index is 13.4. The quantitative estimate of drug-likeness (QED) is 0.343. The number of halogens is 2. The summed E-state index contributed by atoms with van der Waals surface area (Å²) < 4.78 is 26.5. The summed E-state index contributed by atoms with van der Waals surface area (Å²) in [5.74, 6) is -0.899. The highest BCUT2D eigenvalue weighted by Gasteiger charge is 2.04. The lowest BCUT2D eigenvalue weighted by molar-refractivity contribution is 0.318. The van der Waals surface area contributed by atoms with Gasteiger partial charge in [0.1, 0.15) is 11.6 Å². The van der Waals surface area contributed by atoms with Crippen LogP contribution in [0.25, 0.3) is 0 Å². The van der Waals surface area contributed by atoms with Crippen LogP contribution in [0, 0.1) is 11.6 Å². The highest BCUT2D eigenvalue weighted by Crippen LogP contribution is 2.10. The summed E-state index contributed by atoms with van der Waals surface area (Å²) >= 11 is 0. The Balaban J connectivity index is 1.99. The van der Waals surface area contributed by atoms with Gasteiger partial charge in [-0.15, -0.1) is 0 Å². The third kappa shape index (κ3) is 4.00. The van der Waals surface area contributed by atoms with Gasteiger partial charge in [0, 0.05) is 24.2 Å². The number of benzene rings is 2. The lowest BCUT2D eigenvalue weighted by Crippen LogP contribution is -2.16. The van der Waals surface area contributed by atoms with Crippen LogP contribution in [0.4, 0.5) is 8.78 Å². The molecule has 0 amide bonds. The molecule has 0 radical (unpaired) electrons. The van der Waals surface area contributed by atoms with Crippen molar-refractivity contribution in [2.24, 2.45) is 10.9 Å². The number of hydrogen-bond donors (Lipinski definition) is 3. The van der Waals surface area contributed by atoms with Gasteiger partial charge in [-0.25, -0.2) is 8.78 Å². The van der Waals surface area contributed by atoms with Gasteiger partial charge in [0.15, 0.2) is 5.84 Å². The summed E-state index contributed by atoms with van der Waals surface area (Å²) in [4.78, 5) is 0. The van der Waals surface area contributed by atoms with Gasteiger partial charge in [-0.3, -0.25) is 0 Å². The Morgan fingerprint density at radius 2 is 1.95 bits per heavy atom. The zero-order chi connectivity index (χ0) is 15.2. The average Bonchev–Trinajstić information content (AvgIpc) is 2.50. The van der Waals surface area contributed by atoms with Gasteiger partial charge in [0.2, 0.25) is 0 Å². The molecule has 0 atom stereocenters. The second-order valence-corrected chi connectivity index (χ2v) is 4.52. The number of nitrogens with zero attached hydrogens (tertiary/aromatic N) is 1. The maximum absolute atomic E-state index is 13.4. The number of amidine groups is 1. The van der Waals surface area contributed by atoms with Gasteiger partial charge in [-0.2, -0.15) is 0 Å². The highest BCUT2D eigenvalue weighted by molar-refractivity contribution is 5.97. The van der Waals surface area contributed by atoms with Crippen molar-refractivity contribution >= 4 is 5.84 Å². The molecule has 0 spiro atoms. The minimum Gasteiger partial charge on any atom is -0.409 e. The Labute approximate surface area is 120 Å². The summed E-state index contributed by atoms with van der Waals surface area (Å²) in [5, 5.41) is 14.6. The molecule has 4 N–H and O–H groups in total. The molecule has 0 fully saturated rings. The molecule has 2 rings (SSSR count). The zero-order valence-electron chi connectivity index (χ0n) is 11.2. The van der Waals surface area contributed by atoms with Gasteiger partial charge in [-0.1, -0.05) is 23.4 Å². The number of nitrogens with two attached hydrogens (primary N) is 1. The first kappa shape index (κ1) is 14.9. The van der Waals surface area contributed by atoms with Crippen molar-refractivity contribution in [1.82, 2.24) is 5.32 Å². The summed E-state index contributed by atoms with van der Waals surface area (Å²) in [6.07, 6.45) is 0. The molecule has 0 aliphatic heterocycles. The van der Waals surface area contributed by atoms with Crippen LogP contribution in [0.5, 0.6) is 0 Å². The summed E-state index contributed by atoms with van der Waals surface area (Å²) in [6, 6.07) is 10.4. The highest BCUT2D eigenvalue weighted by atomic mass is 19.1. The Hall–Kier alpha value is -2.47. The number of rotatable bonds is 5. The van der Waals surface area contributed by atoms with Gasteiger partial charge < -0.3 is 16.3 Å². The molecular weight excluding hydrogens is 276 g/mol. The van der Waals surface area contributed by atoms with Gasteiger partial charge in [0.05, 0.1) is 0 Å². The van der Waals surface area contributed by atoms with Crippen LogP contribution in [0.3, 0.4) is 0 Å². The van der Waals surface area contributed by atoms with E-state index in [-0.39, 0.29) is 17.9 Å². The molecule has 2 aromatic rings. The molecule has 110 valence electrons. The minimum atomic E-state index is -0.470. The maximum Gasteiger partial charge on any atom is 0.170 e. The summed E-state index contributed by atoms with van der Waals surface area (Å²) in [7, 11) is 0. The van der Waals surface area contributed by atoms with Crippen LogP contribution in [-0.2, 0) is 13.1 Å². The molecule has 0 heterocycles. The second kappa shape index (κ2) is 6.81. The zero-order valence-corrected chi connectivity index (χ0v) is 11.2. The van der Waals surface area contributed by atoms with Crippen molar-refractivity contribution in [2.75, 3.05) is 0 Å². The molecule has 21 heavy (non-hydrogen) atoms. The van der Waals surface area contributed by atoms with Gasteiger partial charge >= 0.3 is 0 Å². The van der Waals surface area contributed by atoms with Crippen LogP contribution >= 0.6 is 0 Å². The second-order valence-electron chi connectivity index (χ2n) is 4.52. The summed E-state index contributed by atoms with van der Waals surface area (Å²) in [6.45, 7) is 0.653. The Morgan fingerprint density at radius 1 is 1.14 bits per heavy atom. The molecule has 0 aliphatic rings. The predicted molar refractivity (Wildman–Crippen MR) is 75.9 cm³/mol. The Kier molecular flexibility index (Phi) is 4.84. The first-order chi connectivity index (χ1) is 10.1. The van der Waals surface area contributed by atoms with E-state index in [1.807, 2.05) is 6.07 Å². The van der Waals surface area contributed by atoms with Crippen molar-refractivity contribution in [1.29, 1.82) is 0 Å². The fraction of sp³-hybridized carbons (Fsp3) is 0.133. The Bertz CT molecular complexity index is 659. The molecule has 2 aromatic carbocycles. The molecule has 0 bridgehead atoms. The molecular formula is C15H15F2N3O. The summed E-state index contributed by atoms with van der Waals surface area (Å²) in [5.41, 5.74) is 7.25. The van der Waals surface area contributed by atoms with E-state index in [9.17, 15) is 8.78 Å². The van der Waals surface area contributed by atoms with Crippen LogP contribution in [0.1, 0.15) is 16.7 Å². The van der Waals surface area contributed by atoms with E-state index in [0.29, 0.717) is 12.1 Å². The fourth-order valence-electron chi connectivity index (χ4n) is 1.92. The van der Waals surface area contributed by atoms with Crippen molar-refractivity contribution in [3.63, 3.8) is 0 Å². The van der Waals surface area contributed by atoms with Crippen molar-refractivity contribution < 1.29 is 14.0 Å². The smallest absolute Gasteiger partial charge is 0.170 e. The molecule has 6 heteroatoms. The van der Waals surface area contributed by atoms with E-state index in [2.05, 4.69) is 10.5 Å². The topological polar surface area (TPSA) is 70.6 Å². The van der Waals surface area contributed by atoms with E-state index in [1.54, 1.807) is 18.2 Å². The number of oxime groups is 1. The molecule has 4 nitrogen and oxygen atoms in total. The molecule has 0 aliphatic carbocycles. The first-order valence-corrected chi connectivity index (χ1v) is 6.31. The van der Waals surface area contributed by atoms with Crippen LogP contribution in [-0.4, -0.2) is 11.0 Å². The Morgan fingerprint density at radius 3 is 2.71 bits per heavy atom. The van der Waals surface area contributed by atoms with E-state index in [4.69, 9.17) is 10.9 Å². The van der Waals surface area contributed by atoms with E-state index >= 15 is 0 Å². The fourth-order valence-corrected chi connectivity index (χ4v) is 1.92. The normalized spacial score (nSPS) is 11.6. The number of hydrogen-bond acceptors (Lipinski definition) is 3. The lowest BCUT2D eigenvalue weighted by Gasteiger charge is -2.08. The molecule has 0 saturated carbocycles. The molecule has 0 unspecified atom stereocenters. The number of nitrogens with one attached hydrogen (secondary N) is 1. The van der Waals surface area contributed by atoms with Crippen LogP contribution in [0.15, 0.2) is 47.6 Å². The lowest BCUT2D eigenvalue weighted by atomic mass is 10.1. The average molecular weight is 291 g/mol. The minimum absolute atomic E-state index is 0.0213. The van der Waals surface area contributed by atoms with E-state index in [1.165, 1.54) is 0 Å². The van der Waals surface area contributed by atoms with Crippen molar-refractivity contribution in [3.8, 4) is 0 Å². The monoisotopic (exact) mass is 291 g/mol. The third-order valence-electron chi connectivity index (χ3n) is 2.98. The van der Waals surface area contributed by atoms with Crippen LogP contribution < -0.4 is 11.1 Å². The van der Waals surface area contributed by atoms with E-state index in [0.717, 1.165) is 23.8 Å². The SMILES string of the molecule is NC(=NO)c1cccc(CNCc2cc(F)ccc2F)c1. The molecule has 0 aromatic heterocycles. The van der Waals surface area contributed by atoms with Gasteiger partial charge in [-0.05, 0) is 29.8 Å². The van der Waals surface area contributed by atoms with Gasteiger partial charge in [0.25, 0.3) is 0 Å². The van der Waals surface area contributed by atoms with Crippen LogP contribution in [0.2, 0.25) is 0 Å². The van der Waals surface area contributed by atoms with Crippen molar-refractivity contribution in [3.05, 3.63) is 70.8 Å². The largest absolute Gasteiger partial charge is 0.409 e.